The van der Waals surface area contributed by atoms with Crippen molar-refractivity contribution in [2.75, 3.05) is 23.5 Å². The maximum absolute atomic E-state index is 11.8. The van der Waals surface area contributed by atoms with Crippen molar-refractivity contribution in [2.24, 2.45) is 5.92 Å². The number of rotatable bonds is 7. The highest BCUT2D eigenvalue weighted by Crippen LogP contribution is 2.17. The lowest BCUT2D eigenvalue weighted by molar-refractivity contribution is -0.115. The largest absolute Gasteiger partial charge is 0.325 e. The number of carbonyl (C=O) groups is 1. The van der Waals surface area contributed by atoms with Crippen LogP contribution in [0.25, 0.3) is 0 Å². The van der Waals surface area contributed by atoms with E-state index < -0.39 is 15.9 Å². The fraction of sp³-hybridized carbons (Fsp3) is 0.500. The molecule has 0 saturated heterocycles. The molecule has 1 amide bonds. The Hall–Kier alpha value is -1.11. The van der Waals surface area contributed by atoms with Gasteiger partial charge in [0, 0.05) is 11.6 Å². The predicted octanol–water partition coefficient (Wildman–Crippen LogP) is 2.04. The molecule has 118 valence electrons. The quantitative estimate of drug-likeness (QED) is 0.750. The van der Waals surface area contributed by atoms with Gasteiger partial charge >= 0.3 is 0 Å². The van der Waals surface area contributed by atoms with Gasteiger partial charge in [0.25, 0.3) is 0 Å². The Kier molecular flexibility index (Phi) is 6.64. The maximum atomic E-state index is 11.8. The third kappa shape index (κ3) is 6.03. The minimum absolute atomic E-state index is 0.0900. The van der Waals surface area contributed by atoms with E-state index in [0.717, 1.165) is 11.1 Å². The summed E-state index contributed by atoms with van der Waals surface area (Å²) in [4.78, 5) is 11.8. The fourth-order valence-corrected chi connectivity index (χ4v) is 3.31. The van der Waals surface area contributed by atoms with E-state index in [0.29, 0.717) is 5.69 Å². The van der Waals surface area contributed by atoms with Crippen LogP contribution in [0.4, 0.5) is 5.69 Å². The molecule has 0 saturated carbocycles. The Bertz CT molecular complexity index is 602. The van der Waals surface area contributed by atoms with Gasteiger partial charge < -0.3 is 5.32 Å². The fourth-order valence-electron chi connectivity index (χ4n) is 1.73. The van der Waals surface area contributed by atoms with Crippen molar-refractivity contribution in [3.8, 4) is 0 Å². The summed E-state index contributed by atoms with van der Waals surface area (Å²) in [5.41, 5.74) is 2.71. The third-order valence-corrected chi connectivity index (χ3v) is 5.22. The van der Waals surface area contributed by atoms with Crippen LogP contribution in [-0.4, -0.2) is 32.5 Å². The molecule has 0 aliphatic carbocycles. The molecule has 0 spiro atoms. The first kappa shape index (κ1) is 17.9. The van der Waals surface area contributed by atoms with E-state index in [1.165, 1.54) is 0 Å². The first-order valence-electron chi connectivity index (χ1n) is 6.64. The molecule has 0 fully saturated rings. The lowest BCUT2D eigenvalue weighted by atomic mass is 10.1. The van der Waals surface area contributed by atoms with E-state index in [2.05, 4.69) is 10.0 Å². The molecular formula is C14H21ClN2O3S. The lowest BCUT2D eigenvalue weighted by Crippen LogP contribution is -2.36. The average molecular weight is 333 g/mol. The monoisotopic (exact) mass is 332 g/mol. The second-order valence-corrected chi connectivity index (χ2v) is 7.32. The van der Waals surface area contributed by atoms with Gasteiger partial charge in [0.2, 0.25) is 15.9 Å². The number of alkyl halides is 1. The summed E-state index contributed by atoms with van der Waals surface area (Å²) < 4.78 is 25.7. The number of benzene rings is 1. The van der Waals surface area contributed by atoms with E-state index in [1.54, 1.807) is 13.0 Å². The summed E-state index contributed by atoms with van der Waals surface area (Å²) in [6.07, 6.45) is 0. The van der Waals surface area contributed by atoms with Crippen LogP contribution in [-0.2, 0) is 14.8 Å². The molecule has 1 unspecified atom stereocenters. The van der Waals surface area contributed by atoms with Crippen LogP contribution in [0.15, 0.2) is 18.2 Å². The molecule has 1 aromatic rings. The van der Waals surface area contributed by atoms with E-state index in [1.807, 2.05) is 26.0 Å². The van der Waals surface area contributed by atoms with Crippen molar-refractivity contribution < 1.29 is 13.2 Å². The zero-order valence-electron chi connectivity index (χ0n) is 12.4. The van der Waals surface area contributed by atoms with Gasteiger partial charge in [-0.3, -0.25) is 4.79 Å². The van der Waals surface area contributed by atoms with Gasteiger partial charge in [0.15, 0.2) is 0 Å². The van der Waals surface area contributed by atoms with Crippen LogP contribution in [0, 0.1) is 19.8 Å². The number of halogens is 1. The van der Waals surface area contributed by atoms with Crippen molar-refractivity contribution >= 4 is 33.2 Å². The first-order valence-corrected chi connectivity index (χ1v) is 8.83. The van der Waals surface area contributed by atoms with Crippen molar-refractivity contribution in [1.82, 2.24) is 4.72 Å². The Labute approximate surface area is 131 Å². The SMILES string of the molecule is Cc1cccc(NC(=O)CNS(=O)(=O)CC(C)CCl)c1C. The summed E-state index contributed by atoms with van der Waals surface area (Å²) in [7, 11) is -3.49. The number of anilines is 1. The van der Waals surface area contributed by atoms with Crippen molar-refractivity contribution in [2.45, 2.75) is 20.8 Å². The first-order chi connectivity index (χ1) is 9.75. The van der Waals surface area contributed by atoms with Crippen LogP contribution in [0.1, 0.15) is 18.1 Å². The maximum Gasteiger partial charge on any atom is 0.239 e. The van der Waals surface area contributed by atoms with Crippen molar-refractivity contribution in [3.63, 3.8) is 0 Å². The summed E-state index contributed by atoms with van der Waals surface area (Å²) in [5, 5.41) is 2.70. The van der Waals surface area contributed by atoms with Gasteiger partial charge in [-0.1, -0.05) is 19.1 Å². The highest BCUT2D eigenvalue weighted by atomic mass is 35.5. The molecule has 2 N–H and O–H groups in total. The molecule has 1 rings (SSSR count). The standard InChI is InChI=1S/C14H21ClN2O3S/c1-10(7-15)9-21(19,20)16-8-14(18)17-13-6-4-5-11(2)12(13)3/h4-6,10,16H,7-9H2,1-3H3,(H,17,18). The van der Waals surface area contributed by atoms with E-state index in [9.17, 15) is 13.2 Å². The zero-order valence-corrected chi connectivity index (χ0v) is 14.0. The predicted molar refractivity (Wildman–Crippen MR) is 86.2 cm³/mol. The Balaban J connectivity index is 2.57. The van der Waals surface area contributed by atoms with Gasteiger partial charge in [0.1, 0.15) is 0 Å². The average Bonchev–Trinajstić information content (AvgIpc) is 2.41. The van der Waals surface area contributed by atoms with Gasteiger partial charge in [0.05, 0.1) is 12.3 Å². The molecular weight excluding hydrogens is 312 g/mol. The molecule has 21 heavy (non-hydrogen) atoms. The molecule has 0 radical (unpaired) electrons. The highest BCUT2D eigenvalue weighted by Gasteiger charge is 2.16. The van der Waals surface area contributed by atoms with Crippen LogP contribution < -0.4 is 10.0 Å². The minimum atomic E-state index is -3.49. The molecule has 5 nitrogen and oxygen atoms in total. The number of hydrogen-bond acceptors (Lipinski definition) is 3. The van der Waals surface area contributed by atoms with E-state index in [-0.39, 0.29) is 24.1 Å². The molecule has 1 atom stereocenters. The Morgan fingerprint density at radius 2 is 2.00 bits per heavy atom. The van der Waals surface area contributed by atoms with Crippen LogP contribution in [0.3, 0.4) is 0 Å². The number of aryl methyl sites for hydroxylation is 1. The molecule has 1 aromatic carbocycles. The van der Waals surface area contributed by atoms with Crippen LogP contribution in [0.5, 0.6) is 0 Å². The van der Waals surface area contributed by atoms with Crippen LogP contribution in [0.2, 0.25) is 0 Å². The zero-order chi connectivity index (χ0) is 16.0. The minimum Gasteiger partial charge on any atom is -0.325 e. The smallest absolute Gasteiger partial charge is 0.239 e. The van der Waals surface area contributed by atoms with Crippen molar-refractivity contribution in [1.29, 1.82) is 0 Å². The van der Waals surface area contributed by atoms with Gasteiger partial charge in [-0.25, -0.2) is 13.1 Å². The summed E-state index contributed by atoms with van der Waals surface area (Å²) >= 11 is 5.59. The topological polar surface area (TPSA) is 75.3 Å². The third-order valence-electron chi connectivity index (χ3n) is 3.10. The second kappa shape index (κ2) is 7.77. The number of carbonyl (C=O) groups excluding carboxylic acids is 1. The Morgan fingerprint density at radius 1 is 1.33 bits per heavy atom. The summed E-state index contributed by atoms with van der Waals surface area (Å²) in [6, 6.07) is 5.57. The lowest BCUT2D eigenvalue weighted by Gasteiger charge is -2.12. The second-order valence-electron chi connectivity index (χ2n) is 5.16. The van der Waals surface area contributed by atoms with Crippen LogP contribution >= 0.6 is 11.6 Å². The Morgan fingerprint density at radius 3 is 2.62 bits per heavy atom. The van der Waals surface area contributed by atoms with E-state index in [4.69, 9.17) is 11.6 Å². The van der Waals surface area contributed by atoms with Crippen molar-refractivity contribution in [3.05, 3.63) is 29.3 Å². The van der Waals surface area contributed by atoms with Gasteiger partial charge in [-0.05, 0) is 37.0 Å². The molecule has 0 aliphatic rings. The highest BCUT2D eigenvalue weighted by molar-refractivity contribution is 7.89. The molecule has 0 bridgehead atoms. The normalized spacial score (nSPS) is 13.0. The number of nitrogens with one attached hydrogen (secondary N) is 2. The molecule has 0 heterocycles. The molecule has 0 aliphatic heterocycles. The molecule has 0 aromatic heterocycles. The number of amides is 1. The van der Waals surface area contributed by atoms with Gasteiger partial charge in [-0.15, -0.1) is 11.6 Å². The number of sulfonamides is 1. The van der Waals surface area contributed by atoms with E-state index >= 15 is 0 Å². The number of hydrogen-bond donors (Lipinski definition) is 2. The summed E-state index contributed by atoms with van der Waals surface area (Å²) in [6.45, 7) is 5.30. The summed E-state index contributed by atoms with van der Waals surface area (Å²) in [5.74, 6) is -0.389. The molecule has 7 heteroatoms. The van der Waals surface area contributed by atoms with Gasteiger partial charge in [-0.2, -0.15) is 0 Å².